The molecule has 0 spiro atoms. The fourth-order valence-electron chi connectivity index (χ4n) is 1.81. The first-order valence-corrected chi connectivity index (χ1v) is 7.13. The van der Waals surface area contributed by atoms with E-state index in [9.17, 15) is 0 Å². The SMILES string of the molecule is CCCNc1nc(NCCc2ccccc2)nc(OC)n1. The van der Waals surface area contributed by atoms with Crippen molar-refractivity contribution in [3.8, 4) is 6.01 Å². The van der Waals surface area contributed by atoms with Gasteiger partial charge in [0.1, 0.15) is 0 Å². The summed E-state index contributed by atoms with van der Waals surface area (Å²) >= 11 is 0. The summed E-state index contributed by atoms with van der Waals surface area (Å²) in [5.74, 6) is 1.06. The van der Waals surface area contributed by atoms with E-state index in [0.29, 0.717) is 17.9 Å². The van der Waals surface area contributed by atoms with Crippen molar-refractivity contribution in [1.29, 1.82) is 0 Å². The van der Waals surface area contributed by atoms with Crippen molar-refractivity contribution in [2.24, 2.45) is 0 Å². The zero-order valence-corrected chi connectivity index (χ0v) is 12.5. The Morgan fingerprint density at radius 1 is 0.952 bits per heavy atom. The first-order chi connectivity index (χ1) is 10.3. The lowest BCUT2D eigenvalue weighted by Crippen LogP contribution is -2.12. The average molecular weight is 287 g/mol. The fraction of sp³-hybridized carbons (Fsp3) is 0.400. The first kappa shape index (κ1) is 15.0. The van der Waals surface area contributed by atoms with E-state index >= 15 is 0 Å². The minimum absolute atomic E-state index is 0.311. The monoisotopic (exact) mass is 287 g/mol. The number of nitrogens with one attached hydrogen (secondary N) is 2. The molecule has 0 bridgehead atoms. The van der Waals surface area contributed by atoms with Gasteiger partial charge in [0.2, 0.25) is 11.9 Å². The van der Waals surface area contributed by atoms with Crippen LogP contribution in [0.5, 0.6) is 6.01 Å². The van der Waals surface area contributed by atoms with Crippen molar-refractivity contribution in [1.82, 2.24) is 15.0 Å². The zero-order chi connectivity index (χ0) is 14.9. The number of hydrogen-bond acceptors (Lipinski definition) is 6. The van der Waals surface area contributed by atoms with Gasteiger partial charge in [-0.25, -0.2) is 0 Å². The molecule has 0 atom stereocenters. The van der Waals surface area contributed by atoms with Gasteiger partial charge < -0.3 is 15.4 Å². The van der Waals surface area contributed by atoms with Gasteiger partial charge in [-0.05, 0) is 18.4 Å². The molecule has 21 heavy (non-hydrogen) atoms. The molecular weight excluding hydrogens is 266 g/mol. The Kier molecular flexibility index (Phi) is 5.75. The van der Waals surface area contributed by atoms with Gasteiger partial charge in [0.15, 0.2) is 0 Å². The van der Waals surface area contributed by atoms with Crippen molar-refractivity contribution in [2.75, 3.05) is 30.8 Å². The van der Waals surface area contributed by atoms with Gasteiger partial charge in [-0.3, -0.25) is 0 Å². The smallest absolute Gasteiger partial charge is 0.322 e. The fourth-order valence-corrected chi connectivity index (χ4v) is 1.81. The summed E-state index contributed by atoms with van der Waals surface area (Å²) in [4.78, 5) is 12.7. The van der Waals surface area contributed by atoms with E-state index in [0.717, 1.165) is 25.9 Å². The van der Waals surface area contributed by atoms with Gasteiger partial charge in [-0.15, -0.1) is 0 Å². The van der Waals surface area contributed by atoms with Gasteiger partial charge in [-0.1, -0.05) is 37.3 Å². The quantitative estimate of drug-likeness (QED) is 0.776. The van der Waals surface area contributed by atoms with E-state index in [1.54, 1.807) is 7.11 Å². The van der Waals surface area contributed by atoms with Gasteiger partial charge in [0.05, 0.1) is 7.11 Å². The predicted octanol–water partition coefficient (Wildman–Crippen LogP) is 2.36. The lowest BCUT2D eigenvalue weighted by atomic mass is 10.1. The number of aromatic nitrogens is 3. The molecular formula is C15H21N5O. The van der Waals surface area contributed by atoms with Crippen LogP contribution in [-0.2, 0) is 6.42 Å². The van der Waals surface area contributed by atoms with Crippen molar-refractivity contribution in [2.45, 2.75) is 19.8 Å². The molecule has 0 saturated heterocycles. The highest BCUT2D eigenvalue weighted by Crippen LogP contribution is 2.11. The maximum Gasteiger partial charge on any atom is 0.322 e. The second kappa shape index (κ2) is 8.04. The van der Waals surface area contributed by atoms with Crippen LogP contribution in [0.25, 0.3) is 0 Å². The number of methoxy groups -OCH3 is 1. The molecule has 0 radical (unpaired) electrons. The Morgan fingerprint density at radius 3 is 2.24 bits per heavy atom. The van der Waals surface area contributed by atoms with E-state index < -0.39 is 0 Å². The third-order valence-corrected chi connectivity index (χ3v) is 2.87. The summed E-state index contributed by atoms with van der Waals surface area (Å²) in [7, 11) is 1.55. The summed E-state index contributed by atoms with van der Waals surface area (Å²) < 4.78 is 5.10. The molecule has 0 fully saturated rings. The molecule has 0 saturated carbocycles. The topological polar surface area (TPSA) is 72.0 Å². The molecule has 1 aromatic heterocycles. The highest BCUT2D eigenvalue weighted by Gasteiger charge is 2.05. The molecule has 0 aliphatic heterocycles. The zero-order valence-electron chi connectivity index (χ0n) is 12.5. The van der Waals surface area contributed by atoms with Crippen molar-refractivity contribution in [3.63, 3.8) is 0 Å². The van der Waals surface area contributed by atoms with E-state index in [2.05, 4.69) is 44.6 Å². The largest absolute Gasteiger partial charge is 0.467 e. The summed E-state index contributed by atoms with van der Waals surface area (Å²) in [5.41, 5.74) is 1.27. The van der Waals surface area contributed by atoms with Crippen LogP contribution in [0.4, 0.5) is 11.9 Å². The van der Waals surface area contributed by atoms with Crippen LogP contribution in [0.2, 0.25) is 0 Å². The Morgan fingerprint density at radius 2 is 1.62 bits per heavy atom. The number of ether oxygens (including phenoxy) is 1. The van der Waals surface area contributed by atoms with Crippen LogP contribution in [0.15, 0.2) is 30.3 Å². The van der Waals surface area contributed by atoms with Crippen LogP contribution in [-0.4, -0.2) is 35.2 Å². The van der Waals surface area contributed by atoms with E-state index in [-0.39, 0.29) is 0 Å². The van der Waals surface area contributed by atoms with Crippen molar-refractivity contribution in [3.05, 3.63) is 35.9 Å². The Hall–Kier alpha value is -2.37. The van der Waals surface area contributed by atoms with Crippen molar-refractivity contribution >= 4 is 11.9 Å². The molecule has 0 unspecified atom stereocenters. The molecule has 0 amide bonds. The minimum Gasteiger partial charge on any atom is -0.467 e. The molecule has 6 heteroatoms. The molecule has 6 nitrogen and oxygen atoms in total. The van der Waals surface area contributed by atoms with E-state index in [1.165, 1.54) is 5.56 Å². The lowest BCUT2D eigenvalue weighted by molar-refractivity contribution is 0.379. The van der Waals surface area contributed by atoms with Gasteiger partial charge >= 0.3 is 6.01 Å². The van der Waals surface area contributed by atoms with Crippen molar-refractivity contribution < 1.29 is 4.74 Å². The van der Waals surface area contributed by atoms with E-state index in [1.807, 2.05) is 18.2 Å². The molecule has 2 rings (SSSR count). The lowest BCUT2D eigenvalue weighted by Gasteiger charge is -2.09. The highest BCUT2D eigenvalue weighted by molar-refractivity contribution is 5.36. The first-order valence-electron chi connectivity index (χ1n) is 7.13. The number of benzene rings is 1. The third kappa shape index (κ3) is 4.91. The summed E-state index contributed by atoms with van der Waals surface area (Å²) in [5, 5.41) is 6.34. The number of hydrogen-bond donors (Lipinski definition) is 2. The Balaban J connectivity index is 1.95. The van der Waals surface area contributed by atoms with Crippen LogP contribution in [0, 0.1) is 0 Å². The summed E-state index contributed by atoms with van der Waals surface area (Å²) in [6.07, 6.45) is 1.91. The minimum atomic E-state index is 0.311. The van der Waals surface area contributed by atoms with Gasteiger partial charge in [-0.2, -0.15) is 15.0 Å². The standard InChI is InChI=1S/C15H21N5O/c1-3-10-16-13-18-14(20-15(19-13)21-2)17-11-9-12-7-5-4-6-8-12/h4-8H,3,9-11H2,1-2H3,(H2,16,17,18,19,20). The second-order valence-electron chi connectivity index (χ2n) is 4.56. The van der Waals surface area contributed by atoms with Crippen LogP contribution >= 0.6 is 0 Å². The second-order valence-corrected chi connectivity index (χ2v) is 4.56. The molecule has 2 N–H and O–H groups in total. The predicted molar refractivity (Wildman–Crippen MR) is 83.8 cm³/mol. The van der Waals surface area contributed by atoms with Gasteiger partial charge in [0, 0.05) is 13.1 Å². The van der Waals surface area contributed by atoms with Crippen LogP contribution in [0.1, 0.15) is 18.9 Å². The maximum absolute atomic E-state index is 5.10. The van der Waals surface area contributed by atoms with Crippen LogP contribution in [0.3, 0.4) is 0 Å². The molecule has 0 aliphatic rings. The molecule has 0 aliphatic carbocycles. The maximum atomic E-state index is 5.10. The van der Waals surface area contributed by atoms with E-state index in [4.69, 9.17) is 4.74 Å². The average Bonchev–Trinajstić information content (AvgIpc) is 2.53. The Bertz CT molecular complexity index is 547. The number of rotatable bonds is 8. The molecule has 1 aromatic carbocycles. The van der Waals surface area contributed by atoms with Crippen LogP contribution < -0.4 is 15.4 Å². The summed E-state index contributed by atoms with van der Waals surface area (Å²) in [6, 6.07) is 10.6. The normalized spacial score (nSPS) is 10.2. The molecule has 1 heterocycles. The van der Waals surface area contributed by atoms with Gasteiger partial charge in [0.25, 0.3) is 0 Å². The summed E-state index contributed by atoms with van der Waals surface area (Å²) in [6.45, 7) is 3.66. The molecule has 2 aromatic rings. The number of anilines is 2. The third-order valence-electron chi connectivity index (χ3n) is 2.87. The number of nitrogens with zero attached hydrogens (tertiary/aromatic N) is 3. The Labute approximate surface area is 125 Å². The highest BCUT2D eigenvalue weighted by atomic mass is 16.5. The molecule has 112 valence electrons.